The first-order valence-corrected chi connectivity index (χ1v) is 10.2. The Morgan fingerprint density at radius 1 is 0.967 bits per heavy atom. The lowest BCUT2D eigenvalue weighted by atomic mass is 10.1. The maximum Gasteiger partial charge on any atom is 0.257 e. The summed E-state index contributed by atoms with van der Waals surface area (Å²) in [5.74, 6) is 1.33. The van der Waals surface area contributed by atoms with E-state index in [1.54, 1.807) is 15.8 Å². The van der Waals surface area contributed by atoms with E-state index < -0.39 is 0 Å². The third kappa shape index (κ3) is 3.87. The third-order valence-corrected chi connectivity index (χ3v) is 5.31. The van der Waals surface area contributed by atoms with Gasteiger partial charge >= 0.3 is 0 Å². The van der Waals surface area contributed by atoms with Crippen LogP contribution in [0.1, 0.15) is 30.0 Å². The number of carbonyl (C=O) groups excluding carboxylic acids is 2. The molecule has 1 fully saturated rings. The van der Waals surface area contributed by atoms with Gasteiger partial charge in [0.05, 0.1) is 11.3 Å². The second-order valence-electron chi connectivity index (χ2n) is 7.85. The minimum Gasteiger partial charge on any atom is -0.460 e. The van der Waals surface area contributed by atoms with E-state index in [1.165, 1.54) is 0 Å². The van der Waals surface area contributed by atoms with Crippen molar-refractivity contribution >= 4 is 11.8 Å². The highest BCUT2D eigenvalue weighted by molar-refractivity contribution is 5.99. The number of hydrogen-bond acceptors (Lipinski definition) is 4. The van der Waals surface area contributed by atoms with Gasteiger partial charge < -0.3 is 14.2 Å². The summed E-state index contributed by atoms with van der Waals surface area (Å²) in [6.07, 6.45) is 1.76. The monoisotopic (exact) mass is 406 g/mol. The molecule has 0 saturated carbocycles. The van der Waals surface area contributed by atoms with E-state index in [1.807, 2.05) is 68.1 Å². The Bertz CT molecular complexity index is 1040. The first kappa shape index (κ1) is 19.9. The van der Waals surface area contributed by atoms with Crippen LogP contribution in [-0.4, -0.2) is 57.6 Å². The number of benzene rings is 1. The van der Waals surface area contributed by atoms with Crippen LogP contribution in [0, 0.1) is 12.8 Å². The molecule has 0 N–H and O–H groups in total. The average molecular weight is 406 g/mol. The molecular weight excluding hydrogens is 380 g/mol. The summed E-state index contributed by atoms with van der Waals surface area (Å²) in [6.45, 7) is 7.76. The lowest BCUT2D eigenvalue weighted by Gasteiger charge is -2.35. The molecule has 7 heteroatoms. The molecule has 0 aliphatic carbocycles. The second kappa shape index (κ2) is 8.18. The van der Waals surface area contributed by atoms with Crippen LogP contribution in [0.15, 0.2) is 53.1 Å². The quantitative estimate of drug-likeness (QED) is 0.666. The highest BCUT2D eigenvalue weighted by atomic mass is 16.3. The van der Waals surface area contributed by atoms with Gasteiger partial charge in [0.1, 0.15) is 11.5 Å². The van der Waals surface area contributed by atoms with Gasteiger partial charge in [0.2, 0.25) is 5.91 Å². The number of carbonyl (C=O) groups is 2. The van der Waals surface area contributed by atoms with Crippen LogP contribution in [0.25, 0.3) is 17.1 Å². The zero-order valence-electron chi connectivity index (χ0n) is 17.5. The lowest BCUT2D eigenvalue weighted by molar-refractivity contribution is -0.135. The molecular formula is C23H26N4O3. The zero-order valence-corrected chi connectivity index (χ0v) is 17.5. The van der Waals surface area contributed by atoms with Gasteiger partial charge in [-0.15, -0.1) is 0 Å². The van der Waals surface area contributed by atoms with Gasteiger partial charge in [0.25, 0.3) is 5.91 Å². The van der Waals surface area contributed by atoms with Crippen molar-refractivity contribution in [2.24, 2.45) is 5.92 Å². The number of aryl methyl sites for hydroxylation is 1. The molecule has 0 bridgehead atoms. The Hall–Kier alpha value is -3.35. The molecule has 30 heavy (non-hydrogen) atoms. The zero-order chi connectivity index (χ0) is 21.3. The molecule has 3 aromatic rings. The smallest absolute Gasteiger partial charge is 0.257 e. The van der Waals surface area contributed by atoms with Gasteiger partial charge in [-0.05, 0) is 31.2 Å². The fraction of sp³-hybridized carbons (Fsp3) is 0.348. The summed E-state index contributed by atoms with van der Waals surface area (Å²) in [4.78, 5) is 29.2. The molecule has 0 spiro atoms. The van der Waals surface area contributed by atoms with E-state index in [-0.39, 0.29) is 17.7 Å². The maximum absolute atomic E-state index is 13.4. The summed E-state index contributed by atoms with van der Waals surface area (Å²) in [5, 5.41) is 4.66. The normalized spacial score (nSPS) is 14.4. The fourth-order valence-corrected chi connectivity index (χ4v) is 3.65. The van der Waals surface area contributed by atoms with Gasteiger partial charge in [0, 0.05) is 38.3 Å². The summed E-state index contributed by atoms with van der Waals surface area (Å²) in [6, 6.07) is 13.4. The van der Waals surface area contributed by atoms with Crippen LogP contribution < -0.4 is 0 Å². The number of furan rings is 1. The van der Waals surface area contributed by atoms with Crippen molar-refractivity contribution < 1.29 is 14.0 Å². The Balaban J connectivity index is 1.62. The van der Waals surface area contributed by atoms with Crippen molar-refractivity contribution in [2.45, 2.75) is 20.8 Å². The van der Waals surface area contributed by atoms with Gasteiger partial charge in [-0.1, -0.05) is 32.0 Å². The molecule has 156 valence electrons. The standard InChI is InChI=1S/C23H26N4O3/c1-16(2)22(28)25-11-13-26(14-12-25)23(29)19-15-27(18-7-5-4-6-8-18)24-21(19)20-10-9-17(3)30-20/h4-10,15-16H,11-14H2,1-3H3. The number of aromatic nitrogens is 2. The van der Waals surface area contributed by atoms with Crippen molar-refractivity contribution in [3.8, 4) is 17.1 Å². The van der Waals surface area contributed by atoms with E-state index in [2.05, 4.69) is 5.10 Å². The highest BCUT2D eigenvalue weighted by Crippen LogP contribution is 2.27. The number of piperazine rings is 1. The average Bonchev–Trinajstić information content (AvgIpc) is 3.40. The van der Waals surface area contributed by atoms with Crippen molar-refractivity contribution in [3.05, 3.63) is 60.0 Å². The van der Waals surface area contributed by atoms with Crippen LogP contribution in [-0.2, 0) is 4.79 Å². The minimum absolute atomic E-state index is 0.0369. The first-order chi connectivity index (χ1) is 14.4. The Labute approximate surface area is 175 Å². The van der Waals surface area contributed by atoms with Crippen LogP contribution >= 0.6 is 0 Å². The third-order valence-electron chi connectivity index (χ3n) is 5.31. The molecule has 4 rings (SSSR count). The summed E-state index contributed by atoms with van der Waals surface area (Å²) >= 11 is 0. The highest BCUT2D eigenvalue weighted by Gasteiger charge is 2.29. The van der Waals surface area contributed by atoms with E-state index in [9.17, 15) is 9.59 Å². The first-order valence-electron chi connectivity index (χ1n) is 10.2. The predicted octanol–water partition coefficient (Wildman–Crippen LogP) is 3.38. The Morgan fingerprint density at radius 2 is 1.63 bits per heavy atom. The van der Waals surface area contributed by atoms with Crippen molar-refractivity contribution in [2.75, 3.05) is 26.2 Å². The van der Waals surface area contributed by atoms with Crippen LogP contribution in [0.5, 0.6) is 0 Å². The Morgan fingerprint density at radius 3 is 2.23 bits per heavy atom. The SMILES string of the molecule is Cc1ccc(-c2nn(-c3ccccc3)cc2C(=O)N2CCN(C(=O)C(C)C)CC2)o1. The molecule has 1 aliphatic rings. The van der Waals surface area contributed by atoms with Crippen molar-refractivity contribution in [1.82, 2.24) is 19.6 Å². The number of hydrogen-bond donors (Lipinski definition) is 0. The van der Waals surface area contributed by atoms with Gasteiger partial charge in [-0.3, -0.25) is 9.59 Å². The van der Waals surface area contributed by atoms with Crippen LogP contribution in [0.4, 0.5) is 0 Å². The molecule has 1 aromatic carbocycles. The molecule has 3 heterocycles. The number of nitrogens with zero attached hydrogens (tertiary/aromatic N) is 4. The number of rotatable bonds is 4. The second-order valence-corrected chi connectivity index (χ2v) is 7.85. The van der Waals surface area contributed by atoms with Gasteiger partial charge in [-0.2, -0.15) is 5.10 Å². The topological polar surface area (TPSA) is 71.6 Å². The summed E-state index contributed by atoms with van der Waals surface area (Å²) < 4.78 is 7.48. The van der Waals surface area contributed by atoms with Crippen molar-refractivity contribution in [3.63, 3.8) is 0 Å². The van der Waals surface area contributed by atoms with Crippen LogP contribution in [0.3, 0.4) is 0 Å². The molecule has 1 saturated heterocycles. The number of para-hydroxylation sites is 1. The van der Waals surface area contributed by atoms with Gasteiger partial charge in [-0.25, -0.2) is 4.68 Å². The maximum atomic E-state index is 13.4. The Kier molecular flexibility index (Phi) is 5.44. The molecule has 1 aliphatic heterocycles. The lowest BCUT2D eigenvalue weighted by Crippen LogP contribution is -2.51. The molecule has 0 atom stereocenters. The largest absolute Gasteiger partial charge is 0.460 e. The van der Waals surface area contributed by atoms with E-state index >= 15 is 0 Å². The molecule has 2 aromatic heterocycles. The fourth-order valence-electron chi connectivity index (χ4n) is 3.65. The minimum atomic E-state index is -0.0992. The molecule has 0 unspecified atom stereocenters. The van der Waals surface area contributed by atoms with E-state index in [0.717, 1.165) is 11.4 Å². The van der Waals surface area contributed by atoms with Crippen LogP contribution in [0.2, 0.25) is 0 Å². The summed E-state index contributed by atoms with van der Waals surface area (Å²) in [7, 11) is 0. The molecule has 7 nitrogen and oxygen atoms in total. The van der Waals surface area contributed by atoms with E-state index in [0.29, 0.717) is 43.2 Å². The van der Waals surface area contributed by atoms with Gasteiger partial charge in [0.15, 0.2) is 5.76 Å². The number of amides is 2. The van der Waals surface area contributed by atoms with E-state index in [4.69, 9.17) is 4.42 Å². The molecule has 0 radical (unpaired) electrons. The molecule has 2 amide bonds. The van der Waals surface area contributed by atoms with Crippen molar-refractivity contribution in [1.29, 1.82) is 0 Å². The predicted molar refractivity (Wildman–Crippen MR) is 113 cm³/mol. The summed E-state index contributed by atoms with van der Waals surface area (Å²) in [5.41, 5.74) is 1.89.